The predicted octanol–water partition coefficient (Wildman–Crippen LogP) is 5.10. The lowest BCUT2D eigenvalue weighted by atomic mass is 9.93. The molecule has 1 aromatic carbocycles. The Hall–Kier alpha value is -2.08. The fourth-order valence-corrected chi connectivity index (χ4v) is 4.59. The second-order valence-electron chi connectivity index (χ2n) is 8.54. The van der Waals surface area contributed by atoms with E-state index in [4.69, 9.17) is 9.47 Å². The van der Waals surface area contributed by atoms with Crippen LogP contribution in [0.1, 0.15) is 68.4 Å². The van der Waals surface area contributed by atoms with Gasteiger partial charge in [0.25, 0.3) is 5.91 Å². The van der Waals surface area contributed by atoms with E-state index < -0.39 is 0 Å². The average Bonchev–Trinajstić information content (AvgIpc) is 3.41. The van der Waals surface area contributed by atoms with Crippen molar-refractivity contribution in [1.29, 1.82) is 0 Å². The number of rotatable bonds is 7. The van der Waals surface area contributed by atoms with E-state index in [1.165, 1.54) is 23.4 Å². The van der Waals surface area contributed by atoms with Gasteiger partial charge in [0, 0.05) is 23.2 Å². The first-order valence-electron chi connectivity index (χ1n) is 10.4. The molecule has 6 heteroatoms. The van der Waals surface area contributed by atoms with Gasteiger partial charge in [0.15, 0.2) is 4.80 Å². The van der Waals surface area contributed by atoms with Crippen LogP contribution in [0.4, 0.5) is 0 Å². The fourth-order valence-electron chi connectivity index (χ4n) is 3.40. The van der Waals surface area contributed by atoms with Gasteiger partial charge >= 0.3 is 0 Å². The van der Waals surface area contributed by atoms with Gasteiger partial charge in [-0.2, -0.15) is 4.99 Å². The minimum Gasteiger partial charge on any atom is -0.494 e. The molecule has 3 rings (SSSR count). The Bertz CT molecular complexity index is 946. The molecule has 5 nitrogen and oxygen atoms in total. The predicted molar refractivity (Wildman–Crippen MR) is 117 cm³/mol. The Balaban J connectivity index is 2.04. The average molecular weight is 417 g/mol. The van der Waals surface area contributed by atoms with E-state index in [-0.39, 0.29) is 11.3 Å². The molecule has 29 heavy (non-hydrogen) atoms. The number of nitrogens with zero attached hydrogens (tertiary/aromatic N) is 2. The second kappa shape index (κ2) is 8.74. The third-order valence-electron chi connectivity index (χ3n) is 4.97. The molecule has 0 N–H and O–H groups in total. The van der Waals surface area contributed by atoms with Crippen LogP contribution in [0.2, 0.25) is 0 Å². The molecule has 1 fully saturated rings. The lowest BCUT2D eigenvalue weighted by Crippen LogP contribution is -2.20. The molecule has 0 bridgehead atoms. The Morgan fingerprint density at radius 2 is 1.90 bits per heavy atom. The zero-order chi connectivity index (χ0) is 21.2. The highest BCUT2D eigenvalue weighted by atomic mass is 32.1. The molecule has 1 heterocycles. The van der Waals surface area contributed by atoms with Gasteiger partial charge in [-0.3, -0.25) is 4.79 Å². The summed E-state index contributed by atoms with van der Waals surface area (Å²) in [6, 6.07) is 5.32. The van der Waals surface area contributed by atoms with Crippen molar-refractivity contribution in [3.63, 3.8) is 0 Å². The standard InChI is InChI=1S/C23H32N2O3S/c1-7-27-17-11-12-18(19(13-17)28-8-2)21(26)24-22-25(14-16-9-10-16)15(3)20(29-22)23(4,5)6/h11-13,16H,7-10,14H2,1-6H3/b24-22-. The SMILES string of the molecule is CCOc1ccc(C(=O)/N=c2\sc(C(C)(C)C)c(C)n2CC2CC2)c(OCC)c1. The largest absolute Gasteiger partial charge is 0.494 e. The second-order valence-corrected chi connectivity index (χ2v) is 9.52. The van der Waals surface area contributed by atoms with Crippen LogP contribution in [-0.2, 0) is 12.0 Å². The van der Waals surface area contributed by atoms with Crippen molar-refractivity contribution in [3.05, 3.63) is 39.1 Å². The number of amides is 1. The van der Waals surface area contributed by atoms with E-state index in [0.29, 0.717) is 36.2 Å². The van der Waals surface area contributed by atoms with E-state index in [1.807, 2.05) is 13.8 Å². The monoisotopic (exact) mass is 416 g/mol. The van der Waals surface area contributed by atoms with Gasteiger partial charge in [0.1, 0.15) is 11.5 Å². The summed E-state index contributed by atoms with van der Waals surface area (Å²) in [6.45, 7) is 14.6. The molecule has 1 aromatic heterocycles. The van der Waals surface area contributed by atoms with Gasteiger partial charge in [-0.1, -0.05) is 20.8 Å². The van der Waals surface area contributed by atoms with Crippen LogP contribution in [-0.4, -0.2) is 23.7 Å². The summed E-state index contributed by atoms with van der Waals surface area (Å²) >= 11 is 1.63. The Kier molecular flexibility index (Phi) is 6.52. The van der Waals surface area contributed by atoms with Crippen molar-refractivity contribution in [2.75, 3.05) is 13.2 Å². The normalized spacial score (nSPS) is 14.9. The zero-order valence-corrected chi connectivity index (χ0v) is 19.2. The number of hydrogen-bond donors (Lipinski definition) is 0. The molecule has 2 aromatic rings. The minimum atomic E-state index is -0.275. The fraction of sp³-hybridized carbons (Fsp3) is 0.565. The van der Waals surface area contributed by atoms with E-state index >= 15 is 0 Å². The van der Waals surface area contributed by atoms with Crippen molar-refractivity contribution in [2.45, 2.75) is 66.3 Å². The molecule has 0 aliphatic heterocycles. The molecular formula is C23H32N2O3S. The highest BCUT2D eigenvalue weighted by Crippen LogP contribution is 2.34. The topological polar surface area (TPSA) is 52.8 Å². The summed E-state index contributed by atoms with van der Waals surface area (Å²) < 4.78 is 13.5. The van der Waals surface area contributed by atoms with E-state index in [9.17, 15) is 4.79 Å². The van der Waals surface area contributed by atoms with Gasteiger partial charge in [-0.15, -0.1) is 11.3 Å². The summed E-state index contributed by atoms with van der Waals surface area (Å²) in [5, 5.41) is 0. The first-order valence-corrected chi connectivity index (χ1v) is 11.3. The zero-order valence-electron chi connectivity index (χ0n) is 18.4. The van der Waals surface area contributed by atoms with Crippen LogP contribution in [0.15, 0.2) is 23.2 Å². The summed E-state index contributed by atoms with van der Waals surface area (Å²) in [5.41, 5.74) is 1.71. The number of benzene rings is 1. The van der Waals surface area contributed by atoms with Crippen molar-refractivity contribution in [2.24, 2.45) is 10.9 Å². The molecule has 0 unspecified atom stereocenters. The molecule has 0 atom stereocenters. The van der Waals surface area contributed by atoms with Crippen molar-refractivity contribution in [3.8, 4) is 11.5 Å². The van der Waals surface area contributed by atoms with Gasteiger partial charge in [0.05, 0.1) is 18.8 Å². The van der Waals surface area contributed by atoms with Crippen LogP contribution in [0.3, 0.4) is 0 Å². The maximum Gasteiger partial charge on any atom is 0.283 e. The molecule has 158 valence electrons. The van der Waals surface area contributed by atoms with Crippen molar-refractivity contribution < 1.29 is 14.3 Å². The van der Waals surface area contributed by atoms with Crippen molar-refractivity contribution >= 4 is 17.2 Å². The van der Waals surface area contributed by atoms with Gasteiger partial charge in [-0.25, -0.2) is 0 Å². The summed E-state index contributed by atoms with van der Waals surface area (Å²) in [5.74, 6) is 1.64. The summed E-state index contributed by atoms with van der Waals surface area (Å²) in [7, 11) is 0. The lowest BCUT2D eigenvalue weighted by Gasteiger charge is -2.17. The maximum absolute atomic E-state index is 13.1. The smallest absolute Gasteiger partial charge is 0.283 e. The Morgan fingerprint density at radius 1 is 1.21 bits per heavy atom. The van der Waals surface area contributed by atoms with Crippen molar-refractivity contribution in [1.82, 2.24) is 4.57 Å². The van der Waals surface area contributed by atoms with Crippen LogP contribution in [0.5, 0.6) is 11.5 Å². The molecule has 1 aliphatic carbocycles. The van der Waals surface area contributed by atoms with Gasteiger partial charge in [0.2, 0.25) is 0 Å². The van der Waals surface area contributed by atoms with Crippen LogP contribution in [0, 0.1) is 12.8 Å². The number of carbonyl (C=O) groups excluding carboxylic acids is 1. The maximum atomic E-state index is 13.1. The number of carbonyl (C=O) groups is 1. The molecule has 1 saturated carbocycles. The first-order chi connectivity index (χ1) is 13.7. The first kappa shape index (κ1) is 21.6. The number of thiazole rings is 1. The van der Waals surface area contributed by atoms with Gasteiger partial charge in [-0.05, 0) is 57.1 Å². The molecule has 0 radical (unpaired) electrons. The van der Waals surface area contributed by atoms with E-state index in [0.717, 1.165) is 11.3 Å². The number of hydrogen-bond acceptors (Lipinski definition) is 4. The highest BCUT2D eigenvalue weighted by Gasteiger charge is 2.27. The lowest BCUT2D eigenvalue weighted by molar-refractivity contribution is 0.0994. The Labute approximate surface area is 177 Å². The number of ether oxygens (including phenoxy) is 2. The Morgan fingerprint density at radius 3 is 2.48 bits per heavy atom. The minimum absolute atomic E-state index is 0.0203. The molecular weight excluding hydrogens is 384 g/mol. The summed E-state index contributed by atoms with van der Waals surface area (Å²) in [4.78, 5) is 19.7. The molecule has 0 saturated heterocycles. The number of aromatic nitrogens is 1. The quantitative estimate of drug-likeness (QED) is 0.631. The van der Waals surface area contributed by atoms with E-state index in [2.05, 4.69) is 37.3 Å². The molecule has 0 spiro atoms. The van der Waals surface area contributed by atoms with Crippen LogP contribution >= 0.6 is 11.3 Å². The highest BCUT2D eigenvalue weighted by molar-refractivity contribution is 7.09. The summed E-state index contributed by atoms with van der Waals surface area (Å²) in [6.07, 6.45) is 2.52. The van der Waals surface area contributed by atoms with Crippen LogP contribution < -0.4 is 14.3 Å². The third kappa shape index (κ3) is 5.10. The third-order valence-corrected chi connectivity index (χ3v) is 6.57. The van der Waals surface area contributed by atoms with E-state index in [1.54, 1.807) is 29.5 Å². The molecule has 1 amide bonds. The van der Waals surface area contributed by atoms with Crippen LogP contribution in [0.25, 0.3) is 0 Å². The molecule has 1 aliphatic rings. The van der Waals surface area contributed by atoms with Gasteiger partial charge < -0.3 is 14.0 Å².